The molecule has 2 aromatic rings. The van der Waals surface area contributed by atoms with Crippen LogP contribution in [0.25, 0.3) is 0 Å². The molecular formula is C14H15N3O2. The lowest BCUT2D eigenvalue weighted by Crippen LogP contribution is -2.10. The van der Waals surface area contributed by atoms with Crippen LogP contribution in [-0.4, -0.2) is 21.0 Å². The van der Waals surface area contributed by atoms with E-state index in [0.29, 0.717) is 5.82 Å². The first kappa shape index (κ1) is 13.0. The highest BCUT2D eigenvalue weighted by atomic mass is 16.4. The molecule has 1 heterocycles. The Morgan fingerprint density at radius 3 is 2.58 bits per heavy atom. The molecule has 0 radical (unpaired) electrons. The fourth-order valence-corrected chi connectivity index (χ4v) is 1.70. The maximum Gasteiger partial charge on any atom is 0.356 e. The number of carboxylic acid groups (broad SMARTS) is 1. The summed E-state index contributed by atoms with van der Waals surface area (Å²) in [6.45, 7) is 4.02. The van der Waals surface area contributed by atoms with Gasteiger partial charge in [-0.1, -0.05) is 29.8 Å². The number of hydrogen-bond donors (Lipinski definition) is 2. The van der Waals surface area contributed by atoms with Crippen LogP contribution in [0.4, 0.5) is 5.82 Å². The Labute approximate surface area is 111 Å². The first-order valence-corrected chi connectivity index (χ1v) is 5.94. The summed E-state index contributed by atoms with van der Waals surface area (Å²) in [4.78, 5) is 18.7. The van der Waals surface area contributed by atoms with Gasteiger partial charge in [-0.2, -0.15) is 0 Å². The Bertz CT molecular complexity index is 581. The molecule has 0 aliphatic heterocycles. The Kier molecular flexibility index (Phi) is 3.75. The van der Waals surface area contributed by atoms with Crippen molar-refractivity contribution < 1.29 is 9.90 Å². The third kappa shape index (κ3) is 3.28. The van der Waals surface area contributed by atoms with Crippen LogP contribution in [0.1, 0.15) is 34.6 Å². The molecule has 0 amide bonds. The van der Waals surface area contributed by atoms with E-state index >= 15 is 0 Å². The second-order valence-corrected chi connectivity index (χ2v) is 4.37. The molecule has 0 saturated carbocycles. The summed E-state index contributed by atoms with van der Waals surface area (Å²) in [7, 11) is 0. The van der Waals surface area contributed by atoms with E-state index in [9.17, 15) is 4.79 Å². The fourth-order valence-electron chi connectivity index (χ4n) is 1.70. The molecule has 98 valence electrons. The van der Waals surface area contributed by atoms with E-state index in [1.807, 2.05) is 38.1 Å². The van der Waals surface area contributed by atoms with Gasteiger partial charge in [0.25, 0.3) is 0 Å². The Balaban J connectivity index is 2.14. The van der Waals surface area contributed by atoms with Crippen LogP contribution >= 0.6 is 0 Å². The Morgan fingerprint density at radius 1 is 1.26 bits per heavy atom. The summed E-state index contributed by atoms with van der Waals surface area (Å²) in [6.07, 6.45) is 2.74. The van der Waals surface area contributed by atoms with Crippen molar-refractivity contribution in [3.05, 3.63) is 53.5 Å². The molecule has 1 aromatic carbocycles. The average Bonchev–Trinajstić information content (AvgIpc) is 2.39. The number of nitrogens with zero attached hydrogens (tertiary/aromatic N) is 2. The van der Waals surface area contributed by atoms with Gasteiger partial charge in [0, 0.05) is 6.04 Å². The van der Waals surface area contributed by atoms with Gasteiger partial charge in [-0.3, -0.25) is 4.98 Å². The molecule has 5 heteroatoms. The Hall–Kier alpha value is -2.43. The molecule has 1 aromatic heterocycles. The lowest BCUT2D eigenvalue weighted by Gasteiger charge is -2.15. The number of aryl methyl sites for hydroxylation is 1. The van der Waals surface area contributed by atoms with Gasteiger partial charge in [0.15, 0.2) is 5.69 Å². The monoisotopic (exact) mass is 257 g/mol. The standard InChI is InChI=1S/C14H15N3O2/c1-9-3-5-11(6-4-9)10(2)16-13-8-15-7-12(17-13)14(18)19/h3-8,10H,1-2H3,(H,16,17)(H,18,19). The summed E-state index contributed by atoms with van der Waals surface area (Å²) in [5, 5.41) is 12.0. The predicted octanol–water partition coefficient (Wildman–Crippen LogP) is 2.66. The summed E-state index contributed by atoms with van der Waals surface area (Å²) < 4.78 is 0. The zero-order valence-electron chi connectivity index (χ0n) is 10.8. The van der Waals surface area contributed by atoms with Gasteiger partial charge in [-0.15, -0.1) is 0 Å². The van der Waals surface area contributed by atoms with Gasteiger partial charge in [0.2, 0.25) is 0 Å². The number of carbonyl (C=O) groups is 1. The molecule has 0 bridgehead atoms. The Morgan fingerprint density at radius 2 is 1.95 bits per heavy atom. The van der Waals surface area contributed by atoms with Gasteiger partial charge >= 0.3 is 5.97 Å². The highest BCUT2D eigenvalue weighted by Gasteiger charge is 2.09. The summed E-state index contributed by atoms with van der Waals surface area (Å²) in [6, 6.07) is 8.15. The maximum absolute atomic E-state index is 10.8. The largest absolute Gasteiger partial charge is 0.476 e. The van der Waals surface area contributed by atoms with E-state index in [1.165, 1.54) is 18.0 Å². The van der Waals surface area contributed by atoms with Crippen LogP contribution < -0.4 is 5.32 Å². The zero-order chi connectivity index (χ0) is 13.8. The van der Waals surface area contributed by atoms with Gasteiger partial charge in [0.05, 0.1) is 12.4 Å². The molecule has 1 unspecified atom stereocenters. The highest BCUT2D eigenvalue weighted by Crippen LogP contribution is 2.17. The first-order chi connectivity index (χ1) is 9.06. The third-order valence-corrected chi connectivity index (χ3v) is 2.80. The van der Waals surface area contributed by atoms with Crippen molar-refractivity contribution in [3.8, 4) is 0 Å². The fraction of sp³-hybridized carbons (Fsp3) is 0.214. The predicted molar refractivity (Wildman–Crippen MR) is 72.2 cm³/mol. The molecule has 5 nitrogen and oxygen atoms in total. The second-order valence-electron chi connectivity index (χ2n) is 4.37. The van der Waals surface area contributed by atoms with E-state index in [1.54, 1.807) is 0 Å². The zero-order valence-corrected chi connectivity index (χ0v) is 10.8. The van der Waals surface area contributed by atoms with E-state index in [0.717, 1.165) is 5.56 Å². The van der Waals surface area contributed by atoms with E-state index < -0.39 is 5.97 Å². The van der Waals surface area contributed by atoms with Crippen molar-refractivity contribution in [2.24, 2.45) is 0 Å². The molecule has 1 atom stereocenters. The van der Waals surface area contributed by atoms with Crippen LogP contribution in [0.15, 0.2) is 36.7 Å². The molecular weight excluding hydrogens is 242 g/mol. The normalized spacial score (nSPS) is 11.9. The SMILES string of the molecule is Cc1ccc(C(C)Nc2cncc(C(=O)O)n2)cc1. The lowest BCUT2D eigenvalue weighted by atomic mass is 10.1. The smallest absolute Gasteiger partial charge is 0.356 e. The van der Waals surface area contributed by atoms with Gasteiger partial charge in [-0.05, 0) is 19.4 Å². The number of benzene rings is 1. The molecule has 0 aliphatic rings. The van der Waals surface area contributed by atoms with Crippen molar-refractivity contribution in [1.29, 1.82) is 0 Å². The van der Waals surface area contributed by atoms with Crippen LogP contribution in [0.2, 0.25) is 0 Å². The molecule has 2 N–H and O–H groups in total. The quantitative estimate of drug-likeness (QED) is 0.880. The van der Waals surface area contributed by atoms with Gasteiger partial charge in [-0.25, -0.2) is 9.78 Å². The van der Waals surface area contributed by atoms with Crippen molar-refractivity contribution in [2.75, 3.05) is 5.32 Å². The molecule has 2 rings (SSSR count). The topological polar surface area (TPSA) is 75.1 Å². The van der Waals surface area contributed by atoms with E-state index in [-0.39, 0.29) is 11.7 Å². The second kappa shape index (κ2) is 5.48. The average molecular weight is 257 g/mol. The number of hydrogen-bond acceptors (Lipinski definition) is 4. The summed E-state index contributed by atoms with van der Waals surface area (Å²) in [5.41, 5.74) is 2.23. The van der Waals surface area contributed by atoms with Crippen LogP contribution in [-0.2, 0) is 0 Å². The van der Waals surface area contributed by atoms with Crippen LogP contribution in [0.5, 0.6) is 0 Å². The van der Waals surface area contributed by atoms with Crippen molar-refractivity contribution in [3.63, 3.8) is 0 Å². The molecule has 0 spiro atoms. The number of anilines is 1. The van der Waals surface area contributed by atoms with E-state index in [2.05, 4.69) is 15.3 Å². The minimum Gasteiger partial charge on any atom is -0.476 e. The third-order valence-electron chi connectivity index (χ3n) is 2.80. The lowest BCUT2D eigenvalue weighted by molar-refractivity contribution is 0.0690. The number of nitrogens with one attached hydrogen (secondary N) is 1. The van der Waals surface area contributed by atoms with E-state index in [4.69, 9.17) is 5.11 Å². The van der Waals surface area contributed by atoms with Crippen molar-refractivity contribution in [2.45, 2.75) is 19.9 Å². The van der Waals surface area contributed by atoms with Gasteiger partial charge in [0.1, 0.15) is 5.82 Å². The minimum atomic E-state index is -1.08. The molecule has 0 fully saturated rings. The molecule has 0 saturated heterocycles. The van der Waals surface area contributed by atoms with Crippen molar-refractivity contribution >= 4 is 11.8 Å². The number of aromatic nitrogens is 2. The number of aromatic carboxylic acids is 1. The molecule has 19 heavy (non-hydrogen) atoms. The van der Waals surface area contributed by atoms with Crippen LogP contribution in [0, 0.1) is 6.92 Å². The summed E-state index contributed by atoms with van der Waals surface area (Å²) in [5.74, 6) is -0.632. The van der Waals surface area contributed by atoms with Crippen molar-refractivity contribution in [1.82, 2.24) is 9.97 Å². The first-order valence-electron chi connectivity index (χ1n) is 5.94. The maximum atomic E-state index is 10.8. The highest BCUT2D eigenvalue weighted by molar-refractivity contribution is 5.85. The number of carboxylic acids is 1. The van der Waals surface area contributed by atoms with Gasteiger partial charge < -0.3 is 10.4 Å². The molecule has 0 aliphatic carbocycles. The van der Waals surface area contributed by atoms with Crippen LogP contribution in [0.3, 0.4) is 0 Å². The summed E-state index contributed by atoms with van der Waals surface area (Å²) >= 11 is 0. The number of rotatable bonds is 4. The minimum absolute atomic E-state index is 0.0268.